The molecule has 0 unspecified atom stereocenters. The van der Waals surface area contributed by atoms with Crippen molar-refractivity contribution in [3.05, 3.63) is 23.8 Å². The number of ether oxygens (including phenoxy) is 2. The van der Waals surface area contributed by atoms with Crippen LogP contribution in [-0.2, 0) is 11.3 Å². The minimum atomic E-state index is -5.92. The van der Waals surface area contributed by atoms with Crippen molar-refractivity contribution in [3.8, 4) is 11.5 Å². The number of benzene rings is 1. The molecule has 1 aromatic rings. The highest BCUT2D eigenvalue weighted by Gasteiger charge is 2.63. The van der Waals surface area contributed by atoms with Gasteiger partial charge >= 0.3 is 18.0 Å². The lowest BCUT2D eigenvalue weighted by atomic mass is 10.2. The first-order valence-corrected chi connectivity index (χ1v) is 5.33. The molecule has 1 aromatic carbocycles. The standard InChI is InChI=1S/C11H8F5NO3/c12-10(13,11(14,15)16)9(18)17-4-6-1-2-7-8(3-6)20-5-19-7/h1-3H,4-5H2,(H,17,18). The number of rotatable bonds is 3. The first-order valence-electron chi connectivity index (χ1n) is 5.33. The Morgan fingerprint density at radius 2 is 1.80 bits per heavy atom. The maximum Gasteiger partial charge on any atom is 0.463 e. The Labute approximate surface area is 109 Å². The van der Waals surface area contributed by atoms with Crippen molar-refractivity contribution < 1.29 is 36.2 Å². The van der Waals surface area contributed by atoms with Gasteiger partial charge in [-0.3, -0.25) is 4.79 Å². The lowest BCUT2D eigenvalue weighted by Gasteiger charge is -2.18. The van der Waals surface area contributed by atoms with Crippen LogP contribution in [0.3, 0.4) is 0 Å². The van der Waals surface area contributed by atoms with Crippen molar-refractivity contribution in [3.63, 3.8) is 0 Å². The van der Waals surface area contributed by atoms with Gasteiger partial charge in [0.1, 0.15) is 0 Å². The predicted molar refractivity (Wildman–Crippen MR) is 55.4 cm³/mol. The van der Waals surface area contributed by atoms with Gasteiger partial charge in [0.2, 0.25) is 6.79 Å². The molecule has 0 saturated carbocycles. The summed E-state index contributed by atoms with van der Waals surface area (Å²) >= 11 is 0. The summed E-state index contributed by atoms with van der Waals surface area (Å²) in [5.74, 6) is -7.06. The molecule has 2 rings (SSSR count). The molecule has 1 aliphatic rings. The monoisotopic (exact) mass is 297 g/mol. The van der Waals surface area contributed by atoms with Crippen LogP contribution >= 0.6 is 0 Å². The van der Waals surface area contributed by atoms with Crippen LogP contribution in [0.25, 0.3) is 0 Å². The number of alkyl halides is 5. The topological polar surface area (TPSA) is 47.6 Å². The number of halogens is 5. The Kier molecular flexibility index (Phi) is 3.45. The van der Waals surface area contributed by atoms with E-state index in [0.717, 1.165) is 0 Å². The van der Waals surface area contributed by atoms with E-state index >= 15 is 0 Å². The molecular weight excluding hydrogens is 289 g/mol. The van der Waals surface area contributed by atoms with E-state index in [9.17, 15) is 26.7 Å². The highest BCUT2D eigenvalue weighted by molar-refractivity contribution is 5.84. The zero-order chi connectivity index (χ0) is 15.0. The Balaban J connectivity index is 2.01. The average molecular weight is 297 g/mol. The molecule has 0 aliphatic carbocycles. The van der Waals surface area contributed by atoms with Crippen LogP contribution in [0.4, 0.5) is 22.0 Å². The molecule has 0 atom stereocenters. The molecule has 0 fully saturated rings. The molecule has 4 nitrogen and oxygen atoms in total. The molecule has 1 heterocycles. The summed E-state index contributed by atoms with van der Waals surface area (Å²) in [6.07, 6.45) is -5.92. The van der Waals surface area contributed by atoms with Crippen LogP contribution < -0.4 is 14.8 Å². The minimum absolute atomic E-state index is 0.00269. The maximum absolute atomic E-state index is 12.7. The van der Waals surface area contributed by atoms with Crippen molar-refractivity contribution in [2.24, 2.45) is 0 Å². The second-order valence-corrected chi connectivity index (χ2v) is 3.94. The Hall–Kier alpha value is -2.06. The molecule has 1 N–H and O–H groups in total. The van der Waals surface area contributed by atoms with Gasteiger partial charge in [-0.2, -0.15) is 22.0 Å². The molecule has 0 spiro atoms. The summed E-state index contributed by atoms with van der Waals surface area (Å²) < 4.78 is 71.2. The molecule has 0 aromatic heterocycles. The number of hydrogen-bond acceptors (Lipinski definition) is 3. The molecule has 20 heavy (non-hydrogen) atoms. The number of hydrogen-bond donors (Lipinski definition) is 1. The van der Waals surface area contributed by atoms with Crippen molar-refractivity contribution >= 4 is 5.91 Å². The van der Waals surface area contributed by atoms with E-state index in [1.807, 2.05) is 0 Å². The third kappa shape index (κ3) is 2.61. The van der Waals surface area contributed by atoms with Crippen molar-refractivity contribution in [2.45, 2.75) is 18.6 Å². The smallest absolute Gasteiger partial charge is 0.454 e. The Morgan fingerprint density at radius 3 is 2.45 bits per heavy atom. The SMILES string of the molecule is O=C(NCc1ccc2c(c1)OCO2)C(F)(F)C(F)(F)F. The van der Waals surface area contributed by atoms with Crippen LogP contribution in [0.2, 0.25) is 0 Å². The van der Waals surface area contributed by atoms with Crippen LogP contribution in [0, 0.1) is 0 Å². The van der Waals surface area contributed by atoms with Gasteiger partial charge in [-0.25, -0.2) is 0 Å². The normalized spacial score (nSPS) is 14.2. The molecule has 0 radical (unpaired) electrons. The summed E-state index contributed by atoms with van der Waals surface area (Å²) in [4.78, 5) is 10.9. The number of fused-ring (bicyclic) bond motifs is 1. The number of carbonyl (C=O) groups excluding carboxylic acids is 1. The van der Waals surface area contributed by atoms with Crippen molar-refractivity contribution in [1.29, 1.82) is 0 Å². The van der Waals surface area contributed by atoms with Gasteiger partial charge in [0.15, 0.2) is 11.5 Å². The molecule has 110 valence electrons. The van der Waals surface area contributed by atoms with E-state index in [1.165, 1.54) is 23.5 Å². The zero-order valence-electron chi connectivity index (χ0n) is 9.76. The third-order valence-corrected chi connectivity index (χ3v) is 2.53. The van der Waals surface area contributed by atoms with E-state index in [2.05, 4.69) is 0 Å². The maximum atomic E-state index is 12.7. The van der Waals surface area contributed by atoms with Crippen molar-refractivity contribution in [2.75, 3.05) is 6.79 Å². The lowest BCUT2D eigenvalue weighted by molar-refractivity contribution is -0.269. The second-order valence-electron chi connectivity index (χ2n) is 3.94. The number of carbonyl (C=O) groups is 1. The summed E-state index contributed by atoms with van der Waals surface area (Å²) in [5.41, 5.74) is 0.306. The highest BCUT2D eigenvalue weighted by atomic mass is 19.4. The quantitative estimate of drug-likeness (QED) is 0.870. The van der Waals surface area contributed by atoms with E-state index < -0.39 is 24.6 Å². The lowest BCUT2D eigenvalue weighted by Crippen LogP contribution is -2.50. The zero-order valence-corrected chi connectivity index (χ0v) is 9.76. The average Bonchev–Trinajstić information content (AvgIpc) is 2.81. The van der Waals surface area contributed by atoms with Crippen LogP contribution in [0.1, 0.15) is 5.56 Å². The first-order chi connectivity index (χ1) is 9.22. The summed E-state index contributed by atoms with van der Waals surface area (Å²) in [5, 5.41) is 1.53. The third-order valence-electron chi connectivity index (χ3n) is 2.53. The van der Waals surface area contributed by atoms with Crippen LogP contribution in [0.15, 0.2) is 18.2 Å². The number of amides is 1. The van der Waals surface area contributed by atoms with Gasteiger partial charge in [0, 0.05) is 6.54 Å². The first kappa shape index (κ1) is 14.4. The fourth-order valence-electron chi connectivity index (χ4n) is 1.47. The largest absolute Gasteiger partial charge is 0.463 e. The predicted octanol–water partition coefficient (Wildman–Crippen LogP) is 2.23. The van der Waals surface area contributed by atoms with Crippen LogP contribution in [0.5, 0.6) is 11.5 Å². The highest BCUT2D eigenvalue weighted by Crippen LogP contribution is 2.36. The fourth-order valence-corrected chi connectivity index (χ4v) is 1.47. The van der Waals surface area contributed by atoms with Gasteiger partial charge < -0.3 is 14.8 Å². The van der Waals surface area contributed by atoms with Gasteiger partial charge in [-0.1, -0.05) is 6.07 Å². The minimum Gasteiger partial charge on any atom is -0.454 e. The molecule has 9 heteroatoms. The fraction of sp³-hybridized carbons (Fsp3) is 0.364. The Morgan fingerprint density at radius 1 is 1.15 bits per heavy atom. The molecular formula is C11H8F5NO3. The Bertz CT molecular complexity index is 529. The van der Waals surface area contributed by atoms with Crippen molar-refractivity contribution in [1.82, 2.24) is 5.32 Å². The van der Waals surface area contributed by atoms with E-state index in [1.54, 1.807) is 0 Å². The number of nitrogens with one attached hydrogen (secondary N) is 1. The molecule has 1 amide bonds. The van der Waals surface area contributed by atoms with E-state index in [0.29, 0.717) is 17.1 Å². The van der Waals surface area contributed by atoms with Gasteiger partial charge in [0.05, 0.1) is 0 Å². The van der Waals surface area contributed by atoms with Gasteiger partial charge in [-0.05, 0) is 17.7 Å². The van der Waals surface area contributed by atoms with Crippen LogP contribution in [-0.4, -0.2) is 24.8 Å². The van der Waals surface area contributed by atoms with E-state index in [-0.39, 0.29) is 6.79 Å². The molecule has 1 aliphatic heterocycles. The second kappa shape index (κ2) is 4.80. The summed E-state index contributed by atoms with van der Waals surface area (Å²) in [6.45, 7) is -0.488. The van der Waals surface area contributed by atoms with E-state index in [4.69, 9.17) is 9.47 Å². The van der Waals surface area contributed by atoms with Gasteiger partial charge in [0.25, 0.3) is 0 Å². The molecule has 0 bridgehead atoms. The molecule has 0 saturated heterocycles. The summed E-state index contributed by atoms with van der Waals surface area (Å²) in [6, 6.07) is 4.26. The summed E-state index contributed by atoms with van der Waals surface area (Å²) in [7, 11) is 0. The van der Waals surface area contributed by atoms with Gasteiger partial charge in [-0.15, -0.1) is 0 Å².